The second kappa shape index (κ2) is 6.71. The number of methoxy groups -OCH3 is 2. The Kier molecular flexibility index (Phi) is 4.81. The molecular weight excluding hydrogens is 373 g/mol. The maximum atomic E-state index is 12.6. The van der Waals surface area contributed by atoms with E-state index in [2.05, 4.69) is 0 Å². The van der Waals surface area contributed by atoms with Gasteiger partial charge < -0.3 is 14.4 Å². The molecule has 1 unspecified atom stereocenters. The van der Waals surface area contributed by atoms with Gasteiger partial charge in [0.05, 0.1) is 31.5 Å². The van der Waals surface area contributed by atoms with Crippen LogP contribution in [0.2, 0.25) is 10.0 Å². The highest BCUT2D eigenvalue weighted by Crippen LogP contribution is 2.46. The van der Waals surface area contributed by atoms with Gasteiger partial charge >= 0.3 is 0 Å². The van der Waals surface area contributed by atoms with Gasteiger partial charge in [-0.1, -0.05) is 23.2 Å². The molecular formula is C17H14Cl3NO3. The van der Waals surface area contributed by atoms with Crippen molar-refractivity contribution >= 4 is 46.4 Å². The Bertz CT molecular complexity index is 810. The Balaban J connectivity index is 2.02. The Hall–Kier alpha value is -1.62. The summed E-state index contributed by atoms with van der Waals surface area (Å²) in [4.78, 5) is 14.1. The van der Waals surface area contributed by atoms with Crippen LogP contribution in [0.1, 0.15) is 16.5 Å². The fourth-order valence-corrected chi connectivity index (χ4v) is 3.65. The van der Waals surface area contributed by atoms with E-state index < -0.39 is 5.38 Å². The van der Waals surface area contributed by atoms with Gasteiger partial charge in [-0.3, -0.25) is 4.79 Å². The van der Waals surface area contributed by atoms with Crippen LogP contribution in [0.4, 0.5) is 5.69 Å². The monoisotopic (exact) mass is 385 g/mol. The highest BCUT2D eigenvalue weighted by Gasteiger charge is 2.38. The molecule has 2 aromatic carbocycles. The Morgan fingerprint density at radius 1 is 1.12 bits per heavy atom. The molecule has 1 aliphatic heterocycles. The van der Waals surface area contributed by atoms with E-state index in [4.69, 9.17) is 44.3 Å². The quantitative estimate of drug-likeness (QED) is 0.706. The largest absolute Gasteiger partial charge is 0.497 e. The van der Waals surface area contributed by atoms with E-state index in [0.29, 0.717) is 32.8 Å². The Morgan fingerprint density at radius 2 is 1.88 bits per heavy atom. The number of halogens is 3. The maximum absolute atomic E-state index is 12.6. The first-order valence-corrected chi connectivity index (χ1v) is 8.30. The molecule has 0 radical (unpaired) electrons. The summed E-state index contributed by atoms with van der Waals surface area (Å²) in [5.74, 6) is 1.05. The lowest BCUT2D eigenvalue weighted by Crippen LogP contribution is -2.27. The van der Waals surface area contributed by atoms with Crippen LogP contribution >= 0.6 is 34.8 Å². The minimum absolute atomic E-state index is 0.242. The Labute approximate surface area is 154 Å². The number of rotatable bonds is 4. The zero-order chi connectivity index (χ0) is 17.4. The molecule has 0 aliphatic carbocycles. The minimum Gasteiger partial charge on any atom is -0.497 e. The molecule has 4 nitrogen and oxygen atoms in total. The van der Waals surface area contributed by atoms with E-state index in [0.717, 1.165) is 5.56 Å². The summed E-state index contributed by atoms with van der Waals surface area (Å²) >= 11 is 18.6. The van der Waals surface area contributed by atoms with Crippen molar-refractivity contribution in [2.75, 3.05) is 19.1 Å². The highest BCUT2D eigenvalue weighted by atomic mass is 35.5. The van der Waals surface area contributed by atoms with Crippen LogP contribution in [0.25, 0.3) is 0 Å². The number of anilines is 1. The molecule has 0 fully saturated rings. The first kappa shape index (κ1) is 17.2. The molecule has 0 saturated heterocycles. The van der Waals surface area contributed by atoms with Crippen LogP contribution in [0, 0.1) is 0 Å². The van der Waals surface area contributed by atoms with Crippen LogP contribution in [-0.4, -0.2) is 20.1 Å². The van der Waals surface area contributed by atoms with Crippen molar-refractivity contribution < 1.29 is 14.3 Å². The third-order valence-corrected chi connectivity index (χ3v) is 4.83. The van der Waals surface area contributed by atoms with Gasteiger partial charge in [0.15, 0.2) is 0 Å². The summed E-state index contributed by atoms with van der Waals surface area (Å²) in [6.45, 7) is 0.281. The van der Waals surface area contributed by atoms with Crippen LogP contribution in [0.3, 0.4) is 0 Å². The van der Waals surface area contributed by atoms with Crippen molar-refractivity contribution in [2.24, 2.45) is 0 Å². The van der Waals surface area contributed by atoms with Crippen LogP contribution in [0.15, 0.2) is 30.3 Å². The van der Waals surface area contributed by atoms with Crippen molar-refractivity contribution in [3.05, 3.63) is 51.5 Å². The summed E-state index contributed by atoms with van der Waals surface area (Å²) in [7, 11) is 3.14. The van der Waals surface area contributed by atoms with Crippen LogP contribution in [0.5, 0.6) is 11.5 Å². The average molecular weight is 387 g/mol. The van der Waals surface area contributed by atoms with Gasteiger partial charge in [-0.05, 0) is 24.3 Å². The first-order valence-electron chi connectivity index (χ1n) is 7.11. The molecule has 0 aromatic heterocycles. The molecule has 2 aromatic rings. The summed E-state index contributed by atoms with van der Waals surface area (Å²) in [5.41, 5.74) is 2.02. The van der Waals surface area contributed by atoms with Crippen LogP contribution in [-0.2, 0) is 11.3 Å². The summed E-state index contributed by atoms with van der Waals surface area (Å²) in [5, 5.41) is 0.0306. The zero-order valence-corrected chi connectivity index (χ0v) is 15.2. The van der Waals surface area contributed by atoms with Gasteiger partial charge in [0.1, 0.15) is 16.9 Å². The second-order valence-electron chi connectivity index (χ2n) is 5.29. The molecule has 24 heavy (non-hydrogen) atoms. The van der Waals surface area contributed by atoms with Crippen molar-refractivity contribution in [2.45, 2.75) is 11.9 Å². The molecule has 1 atom stereocenters. The smallest absolute Gasteiger partial charge is 0.250 e. The topological polar surface area (TPSA) is 38.8 Å². The number of fused-ring (bicyclic) bond motifs is 1. The number of alkyl halides is 1. The predicted octanol–water partition coefficient (Wildman–Crippen LogP) is 4.84. The van der Waals surface area contributed by atoms with E-state index in [1.54, 1.807) is 43.4 Å². The van der Waals surface area contributed by atoms with Crippen molar-refractivity contribution in [1.82, 2.24) is 0 Å². The molecule has 0 bridgehead atoms. The second-order valence-corrected chi connectivity index (χ2v) is 6.57. The first-order chi connectivity index (χ1) is 11.5. The molecule has 0 N–H and O–H groups in total. The number of carbonyl (C=O) groups excluding carboxylic acids is 1. The third kappa shape index (κ3) is 2.90. The standard InChI is InChI=1S/C17H14Cl3NO3/c1-23-11-4-3-9(14(7-11)24-2)8-21-16-12(15(20)17(21)22)5-10(18)6-13(16)19/h3-7,15H,8H2,1-2H3. The van der Waals surface area contributed by atoms with Gasteiger partial charge in [0.25, 0.3) is 0 Å². The molecule has 126 valence electrons. The minimum atomic E-state index is -0.805. The SMILES string of the molecule is COc1ccc(CN2C(=O)C(Cl)c3cc(Cl)cc(Cl)c32)c(OC)c1. The fourth-order valence-electron chi connectivity index (χ4n) is 2.75. The van der Waals surface area contributed by atoms with Gasteiger partial charge in [0.2, 0.25) is 5.91 Å². The van der Waals surface area contributed by atoms with Gasteiger partial charge in [-0.25, -0.2) is 0 Å². The molecule has 7 heteroatoms. The number of nitrogens with zero attached hydrogens (tertiary/aromatic N) is 1. The average Bonchev–Trinajstić information content (AvgIpc) is 2.80. The highest BCUT2D eigenvalue weighted by molar-refractivity contribution is 6.41. The van der Waals surface area contributed by atoms with Crippen molar-refractivity contribution in [1.29, 1.82) is 0 Å². The van der Waals surface area contributed by atoms with Crippen LogP contribution < -0.4 is 14.4 Å². The maximum Gasteiger partial charge on any atom is 0.250 e. The predicted molar refractivity (Wildman–Crippen MR) is 95.8 cm³/mol. The summed E-state index contributed by atoms with van der Waals surface area (Å²) in [6.07, 6.45) is 0. The van der Waals surface area contributed by atoms with E-state index >= 15 is 0 Å². The number of benzene rings is 2. The number of ether oxygens (including phenoxy) is 2. The molecule has 1 amide bonds. The number of carbonyl (C=O) groups is 1. The molecule has 0 saturated carbocycles. The molecule has 3 rings (SSSR count). The van der Waals surface area contributed by atoms with Gasteiger partial charge in [0, 0.05) is 22.2 Å². The third-order valence-electron chi connectivity index (χ3n) is 3.91. The summed E-state index contributed by atoms with van der Waals surface area (Å²) in [6, 6.07) is 8.68. The molecule has 1 aliphatic rings. The van der Waals surface area contributed by atoms with Gasteiger partial charge in [-0.15, -0.1) is 11.6 Å². The van der Waals surface area contributed by atoms with Crippen molar-refractivity contribution in [3.63, 3.8) is 0 Å². The zero-order valence-electron chi connectivity index (χ0n) is 13.0. The van der Waals surface area contributed by atoms with E-state index in [-0.39, 0.29) is 12.5 Å². The van der Waals surface area contributed by atoms with Gasteiger partial charge in [-0.2, -0.15) is 0 Å². The van der Waals surface area contributed by atoms with E-state index in [1.807, 2.05) is 6.07 Å². The fraction of sp³-hybridized carbons (Fsp3) is 0.235. The lowest BCUT2D eigenvalue weighted by Gasteiger charge is -2.20. The lowest BCUT2D eigenvalue weighted by atomic mass is 10.1. The molecule has 0 spiro atoms. The number of hydrogen-bond donors (Lipinski definition) is 0. The normalized spacial score (nSPS) is 16.3. The molecule has 1 heterocycles. The Morgan fingerprint density at radius 3 is 2.54 bits per heavy atom. The summed E-state index contributed by atoms with van der Waals surface area (Å²) < 4.78 is 10.6. The lowest BCUT2D eigenvalue weighted by molar-refractivity contribution is -0.117. The number of hydrogen-bond acceptors (Lipinski definition) is 3. The van der Waals surface area contributed by atoms with E-state index in [1.165, 1.54) is 0 Å². The number of amides is 1. The van der Waals surface area contributed by atoms with E-state index in [9.17, 15) is 4.79 Å². The van der Waals surface area contributed by atoms with Crippen molar-refractivity contribution in [3.8, 4) is 11.5 Å².